The van der Waals surface area contributed by atoms with Gasteiger partial charge in [0.25, 0.3) is 0 Å². The van der Waals surface area contributed by atoms with Crippen molar-refractivity contribution >= 4 is 24.3 Å². The average molecular weight is 289 g/mol. The van der Waals surface area contributed by atoms with Crippen LogP contribution >= 0.6 is 8.03 Å². The van der Waals surface area contributed by atoms with Crippen LogP contribution in [0.25, 0.3) is 0 Å². The van der Waals surface area contributed by atoms with Gasteiger partial charge in [0.1, 0.15) is 0 Å². The van der Waals surface area contributed by atoms with E-state index in [0.29, 0.717) is 0 Å². The van der Waals surface area contributed by atoms with Crippen LogP contribution in [-0.2, 0) is 32.9 Å². The fourth-order valence-corrected chi connectivity index (χ4v) is 3.15. The van der Waals surface area contributed by atoms with Gasteiger partial charge in [0, 0.05) is 0 Å². The molecule has 0 bridgehead atoms. The number of carbonyl (C=O) groups excluding carboxylic acids is 1. The van der Waals surface area contributed by atoms with Gasteiger partial charge in [-0.05, 0) is 18.4 Å². The smallest absolute Gasteiger partial charge is 0.437 e. The van der Waals surface area contributed by atoms with Crippen LogP contribution in [0.1, 0.15) is 13.8 Å². The number of carbonyl (C=O) groups is 1. The molecule has 2 unspecified atom stereocenters. The summed E-state index contributed by atoms with van der Waals surface area (Å²) in [4.78, 5) is 10.8. The molecule has 0 aromatic carbocycles. The second-order valence-corrected chi connectivity index (χ2v) is 5.78. The highest BCUT2D eigenvalue weighted by molar-refractivity contribution is 7.92. The maximum atomic E-state index is 11.5. The summed E-state index contributed by atoms with van der Waals surface area (Å²) in [6.07, 6.45) is -1.29. The quantitative estimate of drug-likeness (QED) is 0.391. The van der Waals surface area contributed by atoms with E-state index in [9.17, 15) is 17.8 Å². The first-order valence-electron chi connectivity index (χ1n) is 4.61. The Hall–Kier alpha value is -0.760. The van der Waals surface area contributed by atoms with E-state index in [0.717, 1.165) is 7.11 Å². The molecule has 0 saturated heterocycles. The summed E-state index contributed by atoms with van der Waals surface area (Å²) in [5.74, 6) is 0. The summed E-state index contributed by atoms with van der Waals surface area (Å²) < 4.78 is 51.9. The van der Waals surface area contributed by atoms with Gasteiger partial charge in [0.15, 0.2) is 0 Å². The first kappa shape index (κ1) is 16.2. The lowest BCUT2D eigenvalue weighted by molar-refractivity contribution is 0.0723. The molecule has 2 atom stereocenters. The molecule has 17 heavy (non-hydrogen) atoms. The summed E-state index contributed by atoms with van der Waals surface area (Å²) in [6.45, 7) is 2.74. The van der Waals surface area contributed by atoms with Crippen molar-refractivity contribution < 1.29 is 36.0 Å². The van der Waals surface area contributed by atoms with Crippen molar-refractivity contribution in [2.24, 2.45) is 0 Å². The maximum Gasteiger partial charge on any atom is 0.574 e. The van der Waals surface area contributed by atoms with Crippen LogP contribution in [-0.4, -0.2) is 40.1 Å². The van der Waals surface area contributed by atoms with Crippen molar-refractivity contribution in [3.05, 3.63) is 0 Å². The van der Waals surface area contributed by atoms with E-state index in [1.807, 2.05) is 0 Å². The van der Waals surface area contributed by atoms with Crippen molar-refractivity contribution in [1.82, 2.24) is 0 Å². The zero-order valence-electron chi connectivity index (χ0n) is 9.61. The topological polar surface area (TPSA) is 105 Å². The SMILES string of the molecule is CCO[P+](=O)C(OC(=O)OC)S(=O)(=O)OCC. The van der Waals surface area contributed by atoms with Crippen molar-refractivity contribution in [2.75, 3.05) is 20.3 Å². The third-order valence-corrected chi connectivity index (χ3v) is 4.73. The molecule has 0 spiro atoms. The molecular formula is C7H14O8PS+. The van der Waals surface area contributed by atoms with Crippen LogP contribution in [0.3, 0.4) is 0 Å². The Kier molecular flexibility index (Phi) is 7.21. The molecule has 0 heterocycles. The van der Waals surface area contributed by atoms with E-state index in [1.54, 1.807) is 0 Å². The number of ether oxygens (including phenoxy) is 2. The largest absolute Gasteiger partial charge is 0.574 e. The van der Waals surface area contributed by atoms with Crippen molar-refractivity contribution in [1.29, 1.82) is 0 Å². The van der Waals surface area contributed by atoms with Crippen LogP contribution < -0.4 is 0 Å². The van der Waals surface area contributed by atoms with Gasteiger partial charge < -0.3 is 9.47 Å². The summed E-state index contributed by atoms with van der Waals surface area (Å²) in [5, 5.41) is -2.04. The van der Waals surface area contributed by atoms with Crippen molar-refractivity contribution in [2.45, 2.75) is 19.0 Å². The van der Waals surface area contributed by atoms with Gasteiger partial charge >= 0.3 is 29.5 Å². The normalized spacial score (nSPS) is 13.9. The molecule has 100 valence electrons. The lowest BCUT2D eigenvalue weighted by atomic mass is 10.9. The minimum Gasteiger partial charge on any atom is -0.437 e. The Morgan fingerprint density at radius 3 is 2.29 bits per heavy atom. The molecule has 10 heteroatoms. The third-order valence-electron chi connectivity index (χ3n) is 1.32. The average Bonchev–Trinajstić information content (AvgIpc) is 2.25. The standard InChI is InChI=1S/C7H14O8PS/c1-4-13-16(9)7(15-6(8)12-3)17(10,11)14-5-2/h7H,4-5H2,1-3H3/q+1. The molecule has 0 N–H and O–H groups in total. The first-order chi connectivity index (χ1) is 7.88. The van der Waals surface area contributed by atoms with Crippen LogP contribution in [0.15, 0.2) is 0 Å². The van der Waals surface area contributed by atoms with Crippen LogP contribution in [0, 0.1) is 0 Å². The number of rotatable bonds is 7. The van der Waals surface area contributed by atoms with Crippen molar-refractivity contribution in [3.63, 3.8) is 0 Å². The second-order valence-electron chi connectivity index (χ2n) is 2.48. The Morgan fingerprint density at radius 2 is 1.88 bits per heavy atom. The Balaban J connectivity index is 4.97. The molecule has 0 rings (SSSR count). The van der Waals surface area contributed by atoms with E-state index >= 15 is 0 Å². The maximum absolute atomic E-state index is 11.5. The van der Waals surface area contributed by atoms with Gasteiger partial charge in [0.05, 0.1) is 20.3 Å². The molecule has 0 aromatic rings. The van der Waals surface area contributed by atoms with Gasteiger partial charge in [-0.15, -0.1) is 4.52 Å². The Labute approximate surface area is 100 Å². The molecule has 0 aliphatic heterocycles. The molecule has 0 saturated carbocycles. The van der Waals surface area contributed by atoms with Gasteiger partial charge in [-0.2, -0.15) is 8.42 Å². The minimum atomic E-state index is -4.33. The molecule has 0 amide bonds. The molecule has 0 fully saturated rings. The van der Waals surface area contributed by atoms with Gasteiger partial charge in [-0.1, -0.05) is 0 Å². The second kappa shape index (κ2) is 7.54. The molecule has 0 aromatic heterocycles. The highest BCUT2D eigenvalue weighted by Gasteiger charge is 2.49. The molecule has 0 aliphatic carbocycles. The van der Waals surface area contributed by atoms with E-state index in [4.69, 9.17) is 0 Å². The lowest BCUT2D eigenvalue weighted by Crippen LogP contribution is -2.26. The number of methoxy groups -OCH3 is 1. The fourth-order valence-electron chi connectivity index (χ4n) is 0.748. The fraction of sp³-hybridized carbons (Fsp3) is 0.857. The van der Waals surface area contributed by atoms with E-state index < -0.39 is 29.5 Å². The highest BCUT2D eigenvalue weighted by Crippen LogP contribution is 2.35. The van der Waals surface area contributed by atoms with Crippen LogP contribution in [0.2, 0.25) is 0 Å². The van der Waals surface area contributed by atoms with Crippen LogP contribution in [0.5, 0.6) is 0 Å². The molecule has 0 aliphatic rings. The van der Waals surface area contributed by atoms with Gasteiger partial charge in [0.2, 0.25) is 0 Å². The monoisotopic (exact) mass is 289 g/mol. The Morgan fingerprint density at radius 1 is 1.29 bits per heavy atom. The zero-order chi connectivity index (χ0) is 13.5. The summed E-state index contributed by atoms with van der Waals surface area (Å²) >= 11 is 0. The van der Waals surface area contributed by atoms with Gasteiger partial charge in [-0.25, -0.2) is 4.79 Å². The summed E-state index contributed by atoms with van der Waals surface area (Å²) in [6, 6.07) is 0. The summed E-state index contributed by atoms with van der Waals surface area (Å²) in [7, 11) is -6.11. The minimum absolute atomic E-state index is 0.00210. The van der Waals surface area contributed by atoms with Crippen molar-refractivity contribution in [3.8, 4) is 0 Å². The molecule has 0 radical (unpaired) electrons. The van der Waals surface area contributed by atoms with E-state index in [2.05, 4.69) is 18.2 Å². The molecule has 8 nitrogen and oxygen atoms in total. The predicted octanol–water partition coefficient (Wildman–Crippen LogP) is 1.20. The predicted molar refractivity (Wildman–Crippen MR) is 57.1 cm³/mol. The van der Waals surface area contributed by atoms with E-state index in [1.165, 1.54) is 13.8 Å². The highest BCUT2D eigenvalue weighted by atomic mass is 32.2. The van der Waals surface area contributed by atoms with E-state index in [-0.39, 0.29) is 13.2 Å². The number of hydrogen-bond donors (Lipinski definition) is 0. The zero-order valence-corrected chi connectivity index (χ0v) is 11.3. The number of hydrogen-bond acceptors (Lipinski definition) is 8. The lowest BCUT2D eigenvalue weighted by Gasteiger charge is -2.07. The Bertz CT molecular complexity index is 364. The molecular weight excluding hydrogens is 275 g/mol. The first-order valence-corrected chi connectivity index (χ1v) is 7.33. The summed E-state index contributed by atoms with van der Waals surface area (Å²) in [5.41, 5.74) is 0. The third kappa shape index (κ3) is 5.40. The van der Waals surface area contributed by atoms with Gasteiger partial charge in [-0.3, -0.25) is 4.18 Å². The van der Waals surface area contributed by atoms with Crippen LogP contribution in [0.4, 0.5) is 4.79 Å².